The zero-order chi connectivity index (χ0) is 19.9. The van der Waals surface area contributed by atoms with Gasteiger partial charge in [0.2, 0.25) is 0 Å². The van der Waals surface area contributed by atoms with Crippen molar-refractivity contribution in [2.45, 2.75) is 30.6 Å². The van der Waals surface area contributed by atoms with Crippen molar-refractivity contribution in [2.75, 3.05) is 19.3 Å². The Balaban J connectivity index is 1.50. The summed E-state index contributed by atoms with van der Waals surface area (Å²) in [6, 6.07) is 12.4. The summed E-state index contributed by atoms with van der Waals surface area (Å²) in [5.74, 6) is 0.780. The number of carbonyl (C=O) groups excluding carboxylic acids is 1. The Hall–Kier alpha value is -2.67. The van der Waals surface area contributed by atoms with Crippen LogP contribution in [0.5, 0.6) is 0 Å². The minimum Gasteiger partial charge on any atom is -0.440 e. The fourth-order valence-electron chi connectivity index (χ4n) is 3.63. The van der Waals surface area contributed by atoms with E-state index in [1.54, 1.807) is 17.0 Å². The van der Waals surface area contributed by atoms with Crippen LogP contribution in [0, 0.1) is 6.92 Å². The van der Waals surface area contributed by atoms with Crippen LogP contribution in [-0.4, -0.2) is 43.6 Å². The second kappa shape index (κ2) is 7.05. The molecule has 4 rings (SSSR count). The number of nitrogens with zero attached hydrogens (tertiary/aromatic N) is 2. The van der Waals surface area contributed by atoms with Crippen LogP contribution in [0.25, 0.3) is 11.1 Å². The Kier molecular flexibility index (Phi) is 4.71. The standard InChI is InChI=1S/C21H22N2O4S/c1-14-7-8-16(28(2,25)26)13-17(14)21(24)23-11-9-15(10-12-23)20-22-18-5-3-4-6-19(18)27-20/h3-8,13,15H,9-12H2,1-2H3. The zero-order valence-electron chi connectivity index (χ0n) is 15.9. The lowest BCUT2D eigenvalue weighted by molar-refractivity contribution is 0.0705. The molecular weight excluding hydrogens is 376 g/mol. The Morgan fingerprint density at radius 1 is 1.14 bits per heavy atom. The number of benzene rings is 2. The van der Waals surface area contributed by atoms with Crippen molar-refractivity contribution in [1.82, 2.24) is 9.88 Å². The lowest BCUT2D eigenvalue weighted by Crippen LogP contribution is -2.38. The van der Waals surface area contributed by atoms with E-state index in [-0.39, 0.29) is 16.7 Å². The van der Waals surface area contributed by atoms with Gasteiger partial charge in [0.15, 0.2) is 21.3 Å². The molecule has 0 unspecified atom stereocenters. The Bertz CT molecular complexity index is 1110. The van der Waals surface area contributed by atoms with Gasteiger partial charge in [0.25, 0.3) is 5.91 Å². The number of aryl methyl sites for hydroxylation is 1. The highest BCUT2D eigenvalue weighted by molar-refractivity contribution is 7.90. The molecule has 0 N–H and O–H groups in total. The molecule has 2 heterocycles. The number of hydrogen-bond donors (Lipinski definition) is 0. The first-order valence-electron chi connectivity index (χ1n) is 9.28. The number of amides is 1. The van der Waals surface area contributed by atoms with Crippen molar-refractivity contribution in [2.24, 2.45) is 0 Å². The smallest absolute Gasteiger partial charge is 0.254 e. The summed E-state index contributed by atoms with van der Waals surface area (Å²) < 4.78 is 29.5. The Labute approximate surface area is 164 Å². The van der Waals surface area contributed by atoms with Gasteiger partial charge in [-0.3, -0.25) is 4.79 Å². The van der Waals surface area contributed by atoms with Crippen LogP contribution in [0.3, 0.4) is 0 Å². The highest BCUT2D eigenvalue weighted by Gasteiger charge is 2.28. The van der Waals surface area contributed by atoms with Crippen molar-refractivity contribution in [3.8, 4) is 0 Å². The maximum Gasteiger partial charge on any atom is 0.254 e. The molecule has 6 nitrogen and oxygen atoms in total. The number of fused-ring (bicyclic) bond motifs is 1. The van der Waals surface area contributed by atoms with Crippen LogP contribution in [0.4, 0.5) is 0 Å². The summed E-state index contributed by atoms with van der Waals surface area (Å²) in [4.78, 5) is 19.5. The van der Waals surface area contributed by atoms with Crippen LogP contribution < -0.4 is 0 Å². The largest absolute Gasteiger partial charge is 0.440 e. The molecular formula is C21H22N2O4S. The number of hydrogen-bond acceptors (Lipinski definition) is 5. The number of rotatable bonds is 3. The third-order valence-electron chi connectivity index (χ3n) is 5.31. The van der Waals surface area contributed by atoms with E-state index in [1.165, 1.54) is 6.07 Å². The van der Waals surface area contributed by atoms with Gasteiger partial charge < -0.3 is 9.32 Å². The monoisotopic (exact) mass is 398 g/mol. The molecule has 1 aliphatic heterocycles. The third-order valence-corrected chi connectivity index (χ3v) is 6.42. The van der Waals surface area contributed by atoms with E-state index in [1.807, 2.05) is 31.2 Å². The number of oxazole rings is 1. The molecule has 0 spiro atoms. The molecule has 1 fully saturated rings. The highest BCUT2D eigenvalue weighted by atomic mass is 32.2. The normalized spacial score (nSPS) is 15.9. The topological polar surface area (TPSA) is 80.5 Å². The summed E-state index contributed by atoms with van der Waals surface area (Å²) in [5.41, 5.74) is 2.86. The average Bonchev–Trinajstić information content (AvgIpc) is 3.11. The van der Waals surface area contributed by atoms with E-state index >= 15 is 0 Å². The molecule has 0 atom stereocenters. The molecule has 1 saturated heterocycles. The number of para-hydroxylation sites is 2. The van der Waals surface area contributed by atoms with Crippen LogP contribution in [0.1, 0.15) is 40.6 Å². The summed E-state index contributed by atoms with van der Waals surface area (Å²) in [5, 5.41) is 0. The van der Waals surface area contributed by atoms with E-state index in [2.05, 4.69) is 4.98 Å². The van der Waals surface area contributed by atoms with Gasteiger partial charge in [0.05, 0.1) is 4.90 Å². The van der Waals surface area contributed by atoms with Gasteiger partial charge in [0.1, 0.15) is 5.52 Å². The fourth-order valence-corrected chi connectivity index (χ4v) is 4.27. The highest BCUT2D eigenvalue weighted by Crippen LogP contribution is 2.30. The summed E-state index contributed by atoms with van der Waals surface area (Å²) in [6.45, 7) is 3.00. The minimum atomic E-state index is -3.36. The number of sulfone groups is 1. The van der Waals surface area contributed by atoms with E-state index in [9.17, 15) is 13.2 Å². The predicted molar refractivity (Wildman–Crippen MR) is 106 cm³/mol. The molecule has 2 aromatic carbocycles. The number of likely N-dealkylation sites (tertiary alicyclic amines) is 1. The fraction of sp³-hybridized carbons (Fsp3) is 0.333. The number of carbonyl (C=O) groups is 1. The average molecular weight is 398 g/mol. The molecule has 0 radical (unpaired) electrons. The van der Waals surface area contributed by atoms with E-state index < -0.39 is 9.84 Å². The summed E-state index contributed by atoms with van der Waals surface area (Å²) >= 11 is 0. The lowest BCUT2D eigenvalue weighted by Gasteiger charge is -2.31. The quantitative estimate of drug-likeness (QED) is 0.674. The van der Waals surface area contributed by atoms with Crippen LogP contribution in [0.15, 0.2) is 51.8 Å². The first kappa shape index (κ1) is 18.7. The first-order chi connectivity index (χ1) is 13.3. The van der Waals surface area contributed by atoms with Gasteiger partial charge in [-0.25, -0.2) is 13.4 Å². The van der Waals surface area contributed by atoms with E-state index in [0.717, 1.165) is 41.7 Å². The molecule has 7 heteroatoms. The third kappa shape index (κ3) is 3.54. The Morgan fingerprint density at radius 3 is 2.54 bits per heavy atom. The van der Waals surface area contributed by atoms with Gasteiger partial charge >= 0.3 is 0 Å². The van der Waals surface area contributed by atoms with E-state index in [0.29, 0.717) is 18.7 Å². The van der Waals surface area contributed by atoms with Crippen LogP contribution in [-0.2, 0) is 9.84 Å². The molecule has 3 aromatic rings. The summed E-state index contributed by atoms with van der Waals surface area (Å²) in [6.07, 6.45) is 2.69. The predicted octanol–water partition coefficient (Wildman–Crippen LogP) is 3.56. The number of aromatic nitrogens is 1. The number of piperidine rings is 1. The second-order valence-electron chi connectivity index (χ2n) is 7.34. The summed E-state index contributed by atoms with van der Waals surface area (Å²) in [7, 11) is -3.36. The van der Waals surface area contributed by atoms with Gasteiger partial charge in [-0.05, 0) is 49.6 Å². The van der Waals surface area contributed by atoms with Gasteiger partial charge in [-0.2, -0.15) is 0 Å². The van der Waals surface area contributed by atoms with Crippen molar-refractivity contribution in [3.63, 3.8) is 0 Å². The van der Waals surface area contributed by atoms with Gasteiger partial charge in [0, 0.05) is 30.8 Å². The van der Waals surface area contributed by atoms with Crippen molar-refractivity contribution >= 4 is 26.8 Å². The minimum absolute atomic E-state index is 0.126. The van der Waals surface area contributed by atoms with Crippen LogP contribution in [0.2, 0.25) is 0 Å². The molecule has 28 heavy (non-hydrogen) atoms. The van der Waals surface area contributed by atoms with Crippen LogP contribution >= 0.6 is 0 Å². The maximum atomic E-state index is 13.0. The molecule has 1 aliphatic rings. The maximum absolute atomic E-state index is 13.0. The van der Waals surface area contributed by atoms with Gasteiger partial charge in [-0.1, -0.05) is 18.2 Å². The SMILES string of the molecule is Cc1ccc(S(C)(=O)=O)cc1C(=O)N1CCC(c2nc3ccccc3o2)CC1. The van der Waals surface area contributed by atoms with Crippen molar-refractivity contribution < 1.29 is 17.6 Å². The molecule has 1 amide bonds. The van der Waals surface area contributed by atoms with E-state index in [4.69, 9.17) is 4.42 Å². The van der Waals surface area contributed by atoms with Gasteiger partial charge in [-0.15, -0.1) is 0 Å². The first-order valence-corrected chi connectivity index (χ1v) is 11.2. The lowest BCUT2D eigenvalue weighted by atomic mass is 9.96. The van der Waals surface area contributed by atoms with Crippen molar-refractivity contribution in [3.05, 3.63) is 59.5 Å². The molecule has 0 aliphatic carbocycles. The molecule has 0 bridgehead atoms. The second-order valence-corrected chi connectivity index (χ2v) is 9.35. The molecule has 1 aromatic heterocycles. The van der Waals surface area contributed by atoms with Crippen molar-refractivity contribution in [1.29, 1.82) is 0 Å². The molecule has 146 valence electrons. The Morgan fingerprint density at radius 2 is 1.86 bits per heavy atom. The molecule has 0 saturated carbocycles. The zero-order valence-corrected chi connectivity index (χ0v) is 16.7.